The minimum absolute atomic E-state index is 0.843. The Morgan fingerprint density at radius 2 is 1.52 bits per heavy atom. The summed E-state index contributed by atoms with van der Waals surface area (Å²) in [5, 5.41) is 3.89. The van der Waals surface area contributed by atoms with E-state index in [4.69, 9.17) is 4.74 Å². The first-order valence-electron chi connectivity index (χ1n) is 9.15. The minimum atomic E-state index is -1.42. The van der Waals surface area contributed by atoms with E-state index in [0.717, 1.165) is 17.1 Å². The number of aromatic nitrogens is 2. The molecule has 0 fully saturated rings. The predicted molar refractivity (Wildman–Crippen MR) is 109 cm³/mol. The summed E-state index contributed by atoms with van der Waals surface area (Å²) in [4.78, 5) is 0. The molecule has 5 heteroatoms. The van der Waals surface area contributed by atoms with Crippen LogP contribution in [-0.4, -0.2) is 18.2 Å². The molecule has 0 amide bonds. The maximum atomic E-state index is 5.45. The summed E-state index contributed by atoms with van der Waals surface area (Å²) in [5.74, 6) is 0.843. The third-order valence-electron chi connectivity index (χ3n) is 5.49. The number of ether oxygens (including phenoxy) is 1. The molecule has 0 atom stereocenters. The van der Waals surface area contributed by atoms with Gasteiger partial charge in [0.05, 0.1) is 13.3 Å². The summed E-state index contributed by atoms with van der Waals surface area (Å²) in [7, 11) is 1.70. The summed E-state index contributed by atoms with van der Waals surface area (Å²) in [6.07, 6.45) is 2.81. The number of benzene rings is 3. The average Bonchev–Trinajstić information content (AvgIpc) is 3.25. The number of nitrogens with zero attached hydrogens (tertiary/aromatic N) is 2. The summed E-state index contributed by atoms with van der Waals surface area (Å²) in [5.41, 5.74) is 4.62. The average molecular weight is 353 g/mol. The van der Waals surface area contributed by atoms with Gasteiger partial charge in [-0.2, -0.15) is 4.68 Å². The molecule has 2 heterocycles. The number of rotatable bonds is 3. The van der Waals surface area contributed by atoms with Gasteiger partial charge in [-0.25, -0.2) is 0 Å². The van der Waals surface area contributed by atoms with Gasteiger partial charge in [0.15, 0.2) is 0 Å². The summed E-state index contributed by atoms with van der Waals surface area (Å²) in [6, 6.07) is 29.5. The van der Waals surface area contributed by atoms with Crippen molar-refractivity contribution in [1.82, 2.24) is 4.68 Å². The molecule has 3 aromatic carbocycles. The van der Waals surface area contributed by atoms with Gasteiger partial charge < -0.3 is 9.96 Å². The van der Waals surface area contributed by atoms with Crippen molar-refractivity contribution >= 4 is 23.0 Å². The highest BCUT2D eigenvalue weighted by Crippen LogP contribution is 2.29. The molecule has 0 saturated carbocycles. The second-order valence-electron chi connectivity index (χ2n) is 6.88. The minimum Gasteiger partial charge on any atom is -0.497 e. The molecule has 1 aliphatic rings. The van der Waals surface area contributed by atoms with Crippen LogP contribution in [0.4, 0.5) is 5.69 Å². The lowest BCUT2D eigenvalue weighted by Gasteiger charge is -2.41. The lowest BCUT2D eigenvalue weighted by atomic mass is 9.37. The van der Waals surface area contributed by atoms with E-state index in [1.165, 1.54) is 10.9 Å². The van der Waals surface area contributed by atoms with Crippen LogP contribution < -0.4 is 25.5 Å². The van der Waals surface area contributed by atoms with E-state index in [2.05, 4.69) is 106 Å². The maximum absolute atomic E-state index is 5.45. The van der Waals surface area contributed by atoms with E-state index < -0.39 is 6.42 Å². The molecule has 0 aliphatic carbocycles. The van der Waals surface area contributed by atoms with Gasteiger partial charge in [0.1, 0.15) is 17.6 Å². The second kappa shape index (κ2) is 6.06. The number of anilines is 1. The van der Waals surface area contributed by atoms with Crippen molar-refractivity contribution in [1.29, 1.82) is 0 Å². The van der Waals surface area contributed by atoms with E-state index in [1.54, 1.807) is 7.11 Å². The Morgan fingerprint density at radius 1 is 0.852 bits per heavy atom. The van der Waals surface area contributed by atoms with Crippen molar-refractivity contribution in [2.75, 3.05) is 12.3 Å². The zero-order chi connectivity index (χ0) is 18.3. The molecule has 0 saturated heterocycles. The normalized spacial score (nSPS) is 14.0. The molecule has 0 spiro atoms. The van der Waals surface area contributed by atoms with E-state index in [-0.39, 0.29) is 0 Å². The zero-order valence-electron chi connectivity index (χ0n) is 15.1. The SMILES string of the molecule is COc1ccc2c(c1)-n1ccc[n+]1[B-](c1ccccc1)(c1ccccc1)N2. The zero-order valence-corrected chi connectivity index (χ0v) is 15.1. The number of hydrogen-bond acceptors (Lipinski definition) is 2. The highest BCUT2D eigenvalue weighted by molar-refractivity contribution is 6.98. The van der Waals surface area contributed by atoms with Crippen molar-refractivity contribution in [3.05, 3.63) is 97.3 Å². The van der Waals surface area contributed by atoms with Crippen LogP contribution in [0.5, 0.6) is 5.75 Å². The van der Waals surface area contributed by atoms with Crippen molar-refractivity contribution < 1.29 is 9.33 Å². The van der Waals surface area contributed by atoms with Crippen LogP contribution in [0.2, 0.25) is 0 Å². The van der Waals surface area contributed by atoms with Crippen LogP contribution >= 0.6 is 0 Å². The van der Waals surface area contributed by atoms with E-state index in [9.17, 15) is 0 Å². The molecule has 4 nitrogen and oxygen atoms in total. The third-order valence-corrected chi connectivity index (χ3v) is 5.49. The molecule has 0 radical (unpaired) electrons. The molecular formula is C22H20BN3O. The topological polar surface area (TPSA) is 30.1 Å². The standard InChI is InChI=1S/C22H20BN3O/c1-27-20-13-14-21-22(17-20)25-15-8-16-26(25)23(24-21,18-9-4-2-5-10-18)19-11-6-3-7-12-19/h2-17,24H,1H3. The Bertz CT molecular complexity index is 1050. The fourth-order valence-electron chi connectivity index (χ4n) is 4.25. The molecule has 4 aromatic rings. The third kappa shape index (κ3) is 2.28. The van der Waals surface area contributed by atoms with Gasteiger partial charge in [-0.05, 0) is 12.1 Å². The first-order valence-corrected chi connectivity index (χ1v) is 9.15. The van der Waals surface area contributed by atoms with Crippen molar-refractivity contribution in [2.24, 2.45) is 0 Å². The summed E-state index contributed by atoms with van der Waals surface area (Å²) < 4.78 is 9.95. The van der Waals surface area contributed by atoms with E-state index in [1.807, 2.05) is 6.07 Å². The van der Waals surface area contributed by atoms with E-state index in [0.29, 0.717) is 0 Å². The molecule has 132 valence electrons. The fraction of sp³-hybridized carbons (Fsp3) is 0.0455. The first-order chi connectivity index (χ1) is 13.3. The quantitative estimate of drug-likeness (QED) is 0.573. The van der Waals surface area contributed by atoms with Gasteiger partial charge in [0, 0.05) is 17.8 Å². The molecule has 1 aliphatic heterocycles. The Balaban J connectivity index is 1.83. The Labute approximate surface area is 158 Å². The van der Waals surface area contributed by atoms with Crippen LogP contribution in [0, 0.1) is 0 Å². The molecular weight excluding hydrogens is 333 g/mol. The number of hydrogen-bond donors (Lipinski definition) is 1. The van der Waals surface area contributed by atoms with Crippen LogP contribution in [0.3, 0.4) is 0 Å². The Morgan fingerprint density at radius 3 is 2.15 bits per heavy atom. The van der Waals surface area contributed by atoms with Crippen LogP contribution in [0.1, 0.15) is 0 Å². The van der Waals surface area contributed by atoms with Crippen LogP contribution in [-0.2, 0) is 0 Å². The number of fused-ring (bicyclic) bond motifs is 3. The van der Waals surface area contributed by atoms with Crippen molar-refractivity contribution in [3.8, 4) is 11.4 Å². The number of nitrogens with one attached hydrogen (secondary N) is 1. The molecule has 1 aromatic heterocycles. The molecule has 1 N–H and O–H groups in total. The second-order valence-corrected chi connectivity index (χ2v) is 6.88. The van der Waals surface area contributed by atoms with Gasteiger partial charge in [0.2, 0.25) is 0 Å². The van der Waals surface area contributed by atoms with Gasteiger partial charge in [-0.15, -0.1) is 10.9 Å². The van der Waals surface area contributed by atoms with Gasteiger partial charge in [-0.1, -0.05) is 60.7 Å². The van der Waals surface area contributed by atoms with Gasteiger partial charge in [-0.3, -0.25) is 4.59 Å². The predicted octanol–water partition coefficient (Wildman–Crippen LogP) is 2.30. The molecule has 0 unspecified atom stereocenters. The van der Waals surface area contributed by atoms with Crippen molar-refractivity contribution in [2.45, 2.75) is 0 Å². The highest BCUT2D eigenvalue weighted by Gasteiger charge is 2.47. The maximum Gasteiger partial charge on any atom is 0.450 e. The Hall–Kier alpha value is -3.47. The summed E-state index contributed by atoms with van der Waals surface area (Å²) in [6.45, 7) is 0. The lowest BCUT2D eigenvalue weighted by molar-refractivity contribution is -0.625. The van der Waals surface area contributed by atoms with Gasteiger partial charge >= 0.3 is 6.42 Å². The summed E-state index contributed by atoms with van der Waals surface area (Å²) >= 11 is 0. The molecule has 27 heavy (non-hydrogen) atoms. The molecule has 5 rings (SSSR count). The van der Waals surface area contributed by atoms with Crippen LogP contribution in [0.15, 0.2) is 97.3 Å². The fourth-order valence-corrected chi connectivity index (χ4v) is 4.25. The monoisotopic (exact) mass is 353 g/mol. The first kappa shape index (κ1) is 15.8. The lowest BCUT2D eigenvalue weighted by Crippen LogP contribution is -2.86. The number of methoxy groups -OCH3 is 1. The van der Waals surface area contributed by atoms with Crippen LogP contribution in [0.25, 0.3) is 5.69 Å². The van der Waals surface area contributed by atoms with Gasteiger partial charge in [0.25, 0.3) is 0 Å². The van der Waals surface area contributed by atoms with E-state index >= 15 is 0 Å². The van der Waals surface area contributed by atoms with Crippen molar-refractivity contribution in [3.63, 3.8) is 0 Å². The Kier molecular flexibility index (Phi) is 3.54. The highest BCUT2D eigenvalue weighted by atomic mass is 16.5. The largest absolute Gasteiger partial charge is 0.497 e. The molecule has 0 bridgehead atoms. The smallest absolute Gasteiger partial charge is 0.450 e.